The van der Waals surface area contributed by atoms with Crippen LogP contribution in [0.25, 0.3) is 0 Å². The lowest BCUT2D eigenvalue weighted by molar-refractivity contribution is -0.147. The van der Waals surface area contributed by atoms with Crippen molar-refractivity contribution in [2.45, 2.75) is 31.6 Å². The maximum absolute atomic E-state index is 15.6. The molecule has 5 heterocycles. The Balaban J connectivity index is 1.29. The molecule has 0 radical (unpaired) electrons. The van der Waals surface area contributed by atoms with Crippen molar-refractivity contribution < 1.29 is 36.7 Å². The highest BCUT2D eigenvalue weighted by Gasteiger charge is 2.49. The molecule has 0 saturated carbocycles. The van der Waals surface area contributed by atoms with Gasteiger partial charge in [-0.3, -0.25) is 29.0 Å². The number of benzene rings is 1. The van der Waals surface area contributed by atoms with Crippen molar-refractivity contribution >= 4 is 40.8 Å². The number of hydrogen-bond donors (Lipinski definition) is 0. The molecule has 3 saturated heterocycles. The van der Waals surface area contributed by atoms with Crippen molar-refractivity contribution in [3.05, 3.63) is 60.1 Å². The Bertz CT molecular complexity index is 1630. The lowest BCUT2D eigenvalue weighted by Gasteiger charge is -2.47. The summed E-state index contributed by atoms with van der Waals surface area (Å²) in [7, 11) is 1.45. The number of rotatable bonds is 5. The highest BCUT2D eigenvalue weighted by Crippen LogP contribution is 2.41. The lowest BCUT2D eigenvalue weighted by atomic mass is 9.95. The van der Waals surface area contributed by atoms with Crippen LogP contribution in [0.2, 0.25) is 0 Å². The SMILES string of the molecule is C=CC(=O)N1CCN2C(=O)CN(CCN3C[C@H]4CC(=O)N(c5cc(C(F)(F)F)cc(C)n5)[C@@H]4C(=O)N(C)c4cccc(F)c43)C[C@@H]2C1. The second kappa shape index (κ2) is 12.2. The molecule has 0 aliphatic carbocycles. The van der Waals surface area contributed by atoms with Gasteiger partial charge in [0, 0.05) is 70.9 Å². The van der Waals surface area contributed by atoms with Gasteiger partial charge in [0.15, 0.2) is 0 Å². The number of carbonyl (C=O) groups excluding carboxylic acids is 4. The van der Waals surface area contributed by atoms with Gasteiger partial charge in [0.1, 0.15) is 17.7 Å². The fraction of sp³-hybridized carbons (Fsp3) is 0.469. The molecule has 11 nitrogen and oxygen atoms in total. The third-order valence-electron chi connectivity index (χ3n) is 9.43. The largest absolute Gasteiger partial charge is 0.416 e. The van der Waals surface area contributed by atoms with E-state index in [0.29, 0.717) is 32.7 Å². The fourth-order valence-corrected chi connectivity index (χ4v) is 7.21. The molecule has 47 heavy (non-hydrogen) atoms. The Morgan fingerprint density at radius 2 is 1.83 bits per heavy atom. The molecule has 2 aromatic rings. The van der Waals surface area contributed by atoms with Crippen LogP contribution in [0.4, 0.5) is 34.8 Å². The Morgan fingerprint density at radius 1 is 1.06 bits per heavy atom. The molecule has 1 aromatic heterocycles. The first kappa shape index (κ1) is 32.4. The van der Waals surface area contributed by atoms with Crippen molar-refractivity contribution in [1.82, 2.24) is 19.7 Å². The van der Waals surface area contributed by atoms with E-state index in [1.165, 1.54) is 37.1 Å². The van der Waals surface area contributed by atoms with E-state index in [4.69, 9.17) is 0 Å². The quantitative estimate of drug-likeness (QED) is 0.360. The predicted molar refractivity (Wildman–Crippen MR) is 164 cm³/mol. The number of halogens is 4. The molecule has 1 aromatic carbocycles. The van der Waals surface area contributed by atoms with Gasteiger partial charge in [0.05, 0.1) is 29.5 Å². The number of anilines is 3. The Hall–Kier alpha value is -4.53. The summed E-state index contributed by atoms with van der Waals surface area (Å²) in [5, 5.41) is 0. The second-order valence-electron chi connectivity index (χ2n) is 12.4. The summed E-state index contributed by atoms with van der Waals surface area (Å²) in [5.74, 6) is -2.95. The zero-order valence-corrected chi connectivity index (χ0v) is 26.0. The van der Waals surface area contributed by atoms with Crippen LogP contribution in [-0.2, 0) is 25.4 Å². The maximum Gasteiger partial charge on any atom is 0.416 e. The zero-order chi connectivity index (χ0) is 33.8. The number of piperazine rings is 2. The average molecular weight is 658 g/mol. The van der Waals surface area contributed by atoms with Crippen molar-refractivity contribution in [2.75, 3.05) is 74.1 Å². The van der Waals surface area contributed by atoms with Gasteiger partial charge < -0.3 is 19.6 Å². The number of hydrogen-bond acceptors (Lipinski definition) is 7. The number of aromatic nitrogens is 1. The minimum Gasteiger partial charge on any atom is -0.366 e. The zero-order valence-electron chi connectivity index (χ0n) is 26.0. The summed E-state index contributed by atoms with van der Waals surface area (Å²) in [4.78, 5) is 66.4. The first-order valence-corrected chi connectivity index (χ1v) is 15.4. The molecule has 6 rings (SSSR count). The first-order valence-electron chi connectivity index (χ1n) is 15.4. The second-order valence-corrected chi connectivity index (χ2v) is 12.4. The molecule has 3 atom stereocenters. The number of para-hydroxylation sites is 1. The van der Waals surface area contributed by atoms with E-state index in [0.717, 1.165) is 17.0 Å². The standard InChI is InChI=1S/C32H35F4N7O4/c1-4-26(44)40-10-11-42-22(17-40)16-39(18-28(42)46)8-9-41-15-20-13-27(45)43(25-14-21(32(34,35)36)12-19(2)37-25)29(20)31(47)38(3)24-7-5-6-23(33)30(24)41/h4-7,12,14,20,22,29H,1,8-11,13,15-18H2,2-3H3/t20-,22-,29+/m1/s1. The third kappa shape index (κ3) is 6.03. The Morgan fingerprint density at radius 3 is 2.55 bits per heavy atom. The first-order chi connectivity index (χ1) is 22.3. The molecule has 4 amide bonds. The van der Waals surface area contributed by atoms with Crippen LogP contribution in [0.3, 0.4) is 0 Å². The van der Waals surface area contributed by atoms with Gasteiger partial charge >= 0.3 is 6.18 Å². The fourth-order valence-electron chi connectivity index (χ4n) is 7.21. The molecular formula is C32H35F4N7O4. The molecule has 0 bridgehead atoms. The van der Waals surface area contributed by atoms with Crippen LogP contribution in [-0.4, -0.2) is 115 Å². The highest BCUT2D eigenvalue weighted by molar-refractivity contribution is 6.10. The molecule has 0 spiro atoms. The van der Waals surface area contributed by atoms with Crippen LogP contribution in [0, 0.1) is 18.7 Å². The molecule has 4 aliphatic rings. The smallest absolute Gasteiger partial charge is 0.366 e. The summed E-state index contributed by atoms with van der Waals surface area (Å²) >= 11 is 0. The average Bonchev–Trinajstić information content (AvgIpc) is 3.35. The van der Waals surface area contributed by atoms with E-state index in [9.17, 15) is 32.3 Å². The van der Waals surface area contributed by atoms with Crippen LogP contribution in [0.5, 0.6) is 0 Å². The van der Waals surface area contributed by atoms with Gasteiger partial charge in [-0.1, -0.05) is 12.6 Å². The number of amides is 4. The van der Waals surface area contributed by atoms with Crippen LogP contribution >= 0.6 is 0 Å². The van der Waals surface area contributed by atoms with Crippen molar-refractivity contribution in [3.63, 3.8) is 0 Å². The van der Waals surface area contributed by atoms with Gasteiger partial charge in [-0.2, -0.15) is 13.2 Å². The van der Waals surface area contributed by atoms with E-state index in [2.05, 4.69) is 11.6 Å². The number of alkyl halides is 3. The van der Waals surface area contributed by atoms with Crippen LogP contribution in [0.1, 0.15) is 17.7 Å². The number of pyridine rings is 1. The minimum atomic E-state index is -4.69. The highest BCUT2D eigenvalue weighted by atomic mass is 19.4. The van der Waals surface area contributed by atoms with Gasteiger partial charge in [-0.05, 0) is 37.3 Å². The minimum absolute atomic E-state index is 0.0383. The molecule has 15 heteroatoms. The predicted octanol–water partition coefficient (Wildman–Crippen LogP) is 2.29. The van der Waals surface area contributed by atoms with Crippen molar-refractivity contribution in [2.24, 2.45) is 5.92 Å². The molecule has 3 fully saturated rings. The number of nitrogens with zero attached hydrogens (tertiary/aromatic N) is 7. The molecular weight excluding hydrogens is 622 g/mol. The molecule has 4 aliphatic heterocycles. The summed E-state index contributed by atoms with van der Waals surface area (Å²) < 4.78 is 56.7. The monoisotopic (exact) mass is 657 g/mol. The van der Waals surface area contributed by atoms with E-state index in [-0.39, 0.29) is 66.8 Å². The van der Waals surface area contributed by atoms with E-state index in [1.807, 2.05) is 4.90 Å². The van der Waals surface area contributed by atoms with E-state index in [1.54, 1.807) is 20.8 Å². The van der Waals surface area contributed by atoms with Crippen molar-refractivity contribution in [3.8, 4) is 0 Å². The van der Waals surface area contributed by atoms with Gasteiger partial charge in [-0.25, -0.2) is 9.37 Å². The summed E-state index contributed by atoms with van der Waals surface area (Å²) in [6.07, 6.45) is -3.60. The summed E-state index contributed by atoms with van der Waals surface area (Å²) in [5.41, 5.74) is -0.545. The van der Waals surface area contributed by atoms with Crippen molar-refractivity contribution in [1.29, 1.82) is 0 Å². The van der Waals surface area contributed by atoms with Gasteiger partial charge in [0.2, 0.25) is 23.6 Å². The lowest BCUT2D eigenvalue weighted by Crippen LogP contribution is -2.65. The summed E-state index contributed by atoms with van der Waals surface area (Å²) in [6.45, 7) is 7.40. The molecule has 0 unspecified atom stereocenters. The van der Waals surface area contributed by atoms with Crippen LogP contribution < -0.4 is 14.7 Å². The third-order valence-corrected chi connectivity index (χ3v) is 9.43. The number of carbonyl (C=O) groups is 4. The summed E-state index contributed by atoms with van der Waals surface area (Å²) in [6, 6.07) is 4.57. The Labute approximate surface area is 269 Å². The van der Waals surface area contributed by atoms with Gasteiger partial charge in [0.25, 0.3) is 0 Å². The number of likely N-dealkylation sites (N-methyl/N-ethyl adjacent to an activating group) is 1. The maximum atomic E-state index is 15.6. The van der Waals surface area contributed by atoms with E-state index < -0.39 is 41.3 Å². The number of aryl methyl sites for hydroxylation is 1. The topological polar surface area (TPSA) is 101 Å². The Kier molecular flexibility index (Phi) is 8.45. The molecule has 250 valence electrons. The number of fused-ring (bicyclic) bond motifs is 3. The van der Waals surface area contributed by atoms with Gasteiger partial charge in [-0.15, -0.1) is 0 Å². The normalized spacial score (nSPS) is 23.7. The van der Waals surface area contributed by atoms with Crippen LogP contribution in [0.15, 0.2) is 43.0 Å². The van der Waals surface area contributed by atoms with E-state index >= 15 is 4.39 Å². The molecule has 0 N–H and O–H groups in total.